The summed E-state index contributed by atoms with van der Waals surface area (Å²) in [5.41, 5.74) is 5.65. The second-order valence-corrected chi connectivity index (χ2v) is 4.74. The van der Waals surface area contributed by atoms with Crippen molar-refractivity contribution in [3.05, 3.63) is 54.3 Å². The summed E-state index contributed by atoms with van der Waals surface area (Å²) in [6.45, 7) is 0.240. The fraction of sp³-hybridized carbons (Fsp3) is 0.188. The van der Waals surface area contributed by atoms with Crippen molar-refractivity contribution in [1.82, 2.24) is 0 Å². The van der Waals surface area contributed by atoms with E-state index in [-0.39, 0.29) is 48.8 Å². The number of alkyl halides is 3. The summed E-state index contributed by atoms with van der Waals surface area (Å²) in [5, 5.41) is 2.53. The van der Waals surface area contributed by atoms with Gasteiger partial charge in [-0.25, -0.2) is 9.38 Å². The fourth-order valence-corrected chi connectivity index (χ4v) is 1.85. The summed E-state index contributed by atoms with van der Waals surface area (Å²) in [4.78, 5) is 3.92. The lowest BCUT2D eigenvalue weighted by Crippen LogP contribution is -2.25. The van der Waals surface area contributed by atoms with Crippen LogP contribution in [0.3, 0.4) is 0 Å². The zero-order valence-corrected chi connectivity index (χ0v) is 15.6. The van der Waals surface area contributed by atoms with E-state index in [1.54, 1.807) is 6.07 Å². The molecule has 0 spiro atoms. The maximum atomic E-state index is 13.0. The summed E-state index contributed by atoms with van der Waals surface area (Å²) >= 11 is 0. The third-order valence-electron chi connectivity index (χ3n) is 2.81. The molecule has 0 saturated carbocycles. The van der Waals surface area contributed by atoms with Crippen molar-refractivity contribution in [2.24, 2.45) is 10.7 Å². The molecule has 26 heavy (non-hydrogen) atoms. The number of hydrogen-bond acceptors (Lipinski definition) is 3. The van der Waals surface area contributed by atoms with Crippen LogP contribution in [-0.2, 0) is 0 Å². The predicted molar refractivity (Wildman–Crippen MR) is 101 cm³/mol. The number of halogens is 5. The first-order valence-electron chi connectivity index (χ1n) is 7.13. The third kappa shape index (κ3) is 7.76. The van der Waals surface area contributed by atoms with E-state index in [0.717, 1.165) is 6.07 Å². The molecular weight excluding hydrogens is 469 g/mol. The molecule has 2 rings (SSSR count). The molecule has 5 nitrogen and oxygen atoms in total. The maximum absolute atomic E-state index is 13.0. The number of aliphatic imine (C=N–C) groups is 1. The van der Waals surface area contributed by atoms with Crippen LogP contribution < -0.4 is 20.5 Å². The van der Waals surface area contributed by atoms with Gasteiger partial charge in [0, 0.05) is 6.07 Å². The van der Waals surface area contributed by atoms with Gasteiger partial charge in [0.05, 0.1) is 12.2 Å². The van der Waals surface area contributed by atoms with Gasteiger partial charge in [-0.15, -0.1) is 37.1 Å². The molecule has 0 aromatic heterocycles. The Hall–Kier alpha value is -2.24. The van der Waals surface area contributed by atoms with Crippen LogP contribution in [0.2, 0.25) is 0 Å². The van der Waals surface area contributed by atoms with Gasteiger partial charge in [-0.2, -0.15) is 0 Å². The molecule has 0 unspecified atom stereocenters. The number of guanidine groups is 1. The highest BCUT2D eigenvalue weighted by atomic mass is 127. The van der Waals surface area contributed by atoms with E-state index in [0.29, 0.717) is 5.75 Å². The van der Waals surface area contributed by atoms with Crippen LogP contribution in [0.25, 0.3) is 0 Å². The molecule has 0 saturated heterocycles. The molecule has 0 amide bonds. The van der Waals surface area contributed by atoms with Gasteiger partial charge < -0.3 is 20.5 Å². The van der Waals surface area contributed by atoms with Gasteiger partial charge >= 0.3 is 6.36 Å². The van der Waals surface area contributed by atoms with Gasteiger partial charge in [-0.3, -0.25) is 0 Å². The van der Waals surface area contributed by atoms with Gasteiger partial charge in [0.15, 0.2) is 11.7 Å². The van der Waals surface area contributed by atoms with E-state index < -0.39 is 17.9 Å². The number of anilines is 1. The monoisotopic (exact) mass is 485 g/mol. The molecular formula is C16H16F4IN3O2. The van der Waals surface area contributed by atoms with Gasteiger partial charge in [0.25, 0.3) is 0 Å². The van der Waals surface area contributed by atoms with E-state index in [2.05, 4.69) is 15.0 Å². The van der Waals surface area contributed by atoms with Crippen LogP contribution in [0.5, 0.6) is 11.5 Å². The average molecular weight is 485 g/mol. The van der Waals surface area contributed by atoms with Crippen molar-refractivity contribution in [2.75, 3.05) is 18.5 Å². The number of para-hydroxylation sites is 2. The number of ether oxygens (including phenoxy) is 2. The van der Waals surface area contributed by atoms with Crippen molar-refractivity contribution in [3.8, 4) is 11.5 Å². The first-order chi connectivity index (χ1) is 11.8. The Morgan fingerprint density at radius 1 is 1.12 bits per heavy atom. The molecule has 10 heteroatoms. The minimum atomic E-state index is -4.82. The fourth-order valence-electron chi connectivity index (χ4n) is 1.85. The third-order valence-corrected chi connectivity index (χ3v) is 2.81. The molecule has 0 bridgehead atoms. The molecule has 0 fully saturated rings. The van der Waals surface area contributed by atoms with Crippen molar-refractivity contribution in [1.29, 1.82) is 0 Å². The minimum absolute atomic E-state index is 0. The summed E-state index contributed by atoms with van der Waals surface area (Å²) < 4.78 is 59.2. The molecule has 3 N–H and O–H groups in total. The Kier molecular flexibility index (Phi) is 8.42. The number of nitrogens with zero attached hydrogens (tertiary/aromatic N) is 1. The number of rotatable bonds is 6. The summed E-state index contributed by atoms with van der Waals surface area (Å²) in [5.74, 6) is -0.626. The Labute approximate surface area is 164 Å². The van der Waals surface area contributed by atoms with Crippen LogP contribution in [0, 0.1) is 5.82 Å². The second-order valence-electron chi connectivity index (χ2n) is 4.74. The zero-order valence-electron chi connectivity index (χ0n) is 13.3. The highest BCUT2D eigenvalue weighted by Gasteiger charge is 2.32. The van der Waals surface area contributed by atoms with E-state index in [4.69, 9.17) is 10.5 Å². The molecule has 2 aromatic rings. The lowest BCUT2D eigenvalue weighted by Gasteiger charge is -2.14. The normalized spacial score (nSPS) is 11.5. The minimum Gasteiger partial charge on any atom is -0.492 e. The SMILES string of the molecule is I.NC(=NCCOc1cccc(F)c1)Nc1ccccc1OC(F)(F)F. The van der Waals surface area contributed by atoms with Gasteiger partial charge in [-0.1, -0.05) is 18.2 Å². The van der Waals surface area contributed by atoms with Crippen LogP contribution in [-0.4, -0.2) is 25.5 Å². The van der Waals surface area contributed by atoms with Crippen molar-refractivity contribution < 1.29 is 27.0 Å². The number of nitrogens with two attached hydrogens (primary N) is 1. The molecule has 0 radical (unpaired) electrons. The topological polar surface area (TPSA) is 68.9 Å². The van der Waals surface area contributed by atoms with Gasteiger partial charge in [-0.05, 0) is 24.3 Å². The molecule has 2 aromatic carbocycles. The maximum Gasteiger partial charge on any atom is 0.573 e. The Morgan fingerprint density at radius 2 is 1.85 bits per heavy atom. The van der Waals surface area contributed by atoms with Gasteiger partial charge in [0.2, 0.25) is 0 Å². The average Bonchev–Trinajstić information content (AvgIpc) is 2.52. The molecule has 0 heterocycles. The number of benzene rings is 2. The highest BCUT2D eigenvalue weighted by molar-refractivity contribution is 14.0. The molecule has 0 aliphatic carbocycles. The summed E-state index contributed by atoms with van der Waals surface area (Å²) in [6, 6.07) is 11.0. The Balaban J connectivity index is 0.00000338. The number of nitrogens with one attached hydrogen (secondary N) is 1. The van der Waals surface area contributed by atoms with Crippen LogP contribution in [0.15, 0.2) is 53.5 Å². The second kappa shape index (κ2) is 10.0. The van der Waals surface area contributed by atoms with Gasteiger partial charge in [0.1, 0.15) is 18.2 Å². The van der Waals surface area contributed by atoms with Crippen molar-refractivity contribution >= 4 is 35.6 Å². The zero-order chi connectivity index (χ0) is 18.3. The quantitative estimate of drug-likeness (QED) is 0.212. The standard InChI is InChI=1S/C16H15F4N3O2.HI/c17-11-4-3-5-12(10-11)24-9-8-22-15(21)23-13-6-1-2-7-14(13)25-16(18,19)20;/h1-7,10H,8-9H2,(H3,21,22,23);1H. The molecule has 0 atom stereocenters. The largest absolute Gasteiger partial charge is 0.573 e. The summed E-state index contributed by atoms with van der Waals surface area (Å²) in [7, 11) is 0. The molecule has 0 aliphatic rings. The summed E-state index contributed by atoms with van der Waals surface area (Å²) in [6.07, 6.45) is -4.82. The van der Waals surface area contributed by atoms with Crippen molar-refractivity contribution in [2.45, 2.75) is 6.36 Å². The molecule has 142 valence electrons. The van der Waals surface area contributed by atoms with Crippen LogP contribution >= 0.6 is 24.0 Å². The van der Waals surface area contributed by atoms with E-state index in [1.165, 1.54) is 36.4 Å². The first-order valence-corrected chi connectivity index (χ1v) is 7.13. The lowest BCUT2D eigenvalue weighted by atomic mass is 10.3. The van der Waals surface area contributed by atoms with E-state index >= 15 is 0 Å². The Morgan fingerprint density at radius 3 is 2.54 bits per heavy atom. The first kappa shape index (κ1) is 21.8. The lowest BCUT2D eigenvalue weighted by molar-refractivity contribution is -0.274. The smallest absolute Gasteiger partial charge is 0.492 e. The van der Waals surface area contributed by atoms with E-state index in [9.17, 15) is 17.6 Å². The van der Waals surface area contributed by atoms with Crippen LogP contribution in [0.1, 0.15) is 0 Å². The van der Waals surface area contributed by atoms with Crippen molar-refractivity contribution in [3.63, 3.8) is 0 Å². The molecule has 0 aliphatic heterocycles. The predicted octanol–water partition coefficient (Wildman–Crippen LogP) is 4.15. The number of hydrogen-bond donors (Lipinski definition) is 2. The highest BCUT2D eigenvalue weighted by Crippen LogP contribution is 2.29. The van der Waals surface area contributed by atoms with E-state index in [1.807, 2.05) is 0 Å². The Bertz CT molecular complexity index is 741. The van der Waals surface area contributed by atoms with Crippen LogP contribution in [0.4, 0.5) is 23.2 Å².